The maximum atomic E-state index is 11.9. The van der Waals surface area contributed by atoms with Gasteiger partial charge in [-0.1, -0.05) is 29.8 Å². The lowest BCUT2D eigenvalue weighted by Crippen LogP contribution is -2.23. The van der Waals surface area contributed by atoms with E-state index in [-0.39, 0.29) is 5.91 Å². The van der Waals surface area contributed by atoms with Crippen LogP contribution in [0.1, 0.15) is 18.4 Å². The van der Waals surface area contributed by atoms with Crippen molar-refractivity contribution in [3.63, 3.8) is 0 Å². The van der Waals surface area contributed by atoms with Crippen LogP contribution >= 0.6 is 11.6 Å². The van der Waals surface area contributed by atoms with Crippen molar-refractivity contribution in [2.24, 2.45) is 0 Å². The summed E-state index contributed by atoms with van der Waals surface area (Å²) in [4.78, 5) is 37.1. The first kappa shape index (κ1) is 19.6. The summed E-state index contributed by atoms with van der Waals surface area (Å²) in [7, 11) is 0. The first-order valence-electron chi connectivity index (χ1n) is 8.82. The third-order valence-corrected chi connectivity index (χ3v) is 4.53. The molecule has 2 aromatic carbocycles. The highest BCUT2D eigenvalue weighted by Crippen LogP contribution is 2.23. The van der Waals surface area contributed by atoms with Crippen molar-refractivity contribution in [3.05, 3.63) is 65.2 Å². The predicted octanol–water partition coefficient (Wildman–Crippen LogP) is 3.66. The quantitative estimate of drug-likeness (QED) is 0.595. The lowest BCUT2D eigenvalue weighted by molar-refractivity contribution is -0.142. The van der Waals surface area contributed by atoms with Crippen LogP contribution < -0.4 is 10.2 Å². The van der Waals surface area contributed by atoms with Crippen LogP contribution in [0.4, 0.5) is 11.4 Å². The fourth-order valence-corrected chi connectivity index (χ4v) is 2.99. The molecule has 7 heteroatoms. The van der Waals surface area contributed by atoms with Gasteiger partial charge in [0.2, 0.25) is 5.91 Å². The molecular formula is C21H19ClN2O4. The number of ether oxygens (including phenoxy) is 1. The van der Waals surface area contributed by atoms with Crippen LogP contribution in [0, 0.1) is 0 Å². The summed E-state index contributed by atoms with van der Waals surface area (Å²) in [6.45, 7) is 0.306. The normalized spacial score (nSPS) is 13.8. The number of benzene rings is 2. The molecule has 0 unspecified atom stereocenters. The van der Waals surface area contributed by atoms with Gasteiger partial charge in [0.15, 0.2) is 6.61 Å². The van der Waals surface area contributed by atoms with Crippen molar-refractivity contribution in [1.29, 1.82) is 0 Å². The van der Waals surface area contributed by atoms with Crippen LogP contribution in [-0.2, 0) is 19.1 Å². The molecule has 1 N–H and O–H groups in total. The highest BCUT2D eigenvalue weighted by molar-refractivity contribution is 6.32. The van der Waals surface area contributed by atoms with Gasteiger partial charge in [0.1, 0.15) is 0 Å². The first-order chi connectivity index (χ1) is 13.5. The van der Waals surface area contributed by atoms with Gasteiger partial charge in [0, 0.05) is 35.4 Å². The Morgan fingerprint density at radius 1 is 1.14 bits per heavy atom. The Morgan fingerprint density at radius 3 is 2.57 bits per heavy atom. The summed E-state index contributed by atoms with van der Waals surface area (Å²) < 4.78 is 4.92. The van der Waals surface area contributed by atoms with Gasteiger partial charge in [-0.3, -0.25) is 9.59 Å². The van der Waals surface area contributed by atoms with Crippen LogP contribution in [-0.4, -0.2) is 30.9 Å². The van der Waals surface area contributed by atoms with Crippen molar-refractivity contribution < 1.29 is 19.1 Å². The van der Waals surface area contributed by atoms with Gasteiger partial charge in [-0.2, -0.15) is 0 Å². The number of esters is 1. The molecule has 6 nitrogen and oxygen atoms in total. The van der Waals surface area contributed by atoms with Gasteiger partial charge < -0.3 is 15.0 Å². The van der Waals surface area contributed by atoms with Gasteiger partial charge in [-0.25, -0.2) is 4.79 Å². The van der Waals surface area contributed by atoms with E-state index in [9.17, 15) is 14.4 Å². The Hall–Kier alpha value is -3.12. The molecule has 144 valence electrons. The van der Waals surface area contributed by atoms with Crippen molar-refractivity contribution in [1.82, 2.24) is 0 Å². The van der Waals surface area contributed by atoms with E-state index in [0.29, 0.717) is 29.2 Å². The Bertz CT molecular complexity index is 909. The molecule has 1 saturated heterocycles. The predicted molar refractivity (Wildman–Crippen MR) is 108 cm³/mol. The molecule has 1 heterocycles. The molecule has 2 amide bonds. The van der Waals surface area contributed by atoms with Crippen molar-refractivity contribution in [2.45, 2.75) is 12.8 Å². The molecule has 28 heavy (non-hydrogen) atoms. The highest BCUT2D eigenvalue weighted by Gasteiger charge is 2.21. The number of carbonyl (C=O) groups is 3. The van der Waals surface area contributed by atoms with E-state index in [1.54, 1.807) is 53.4 Å². The number of anilines is 2. The Balaban J connectivity index is 1.47. The number of hydrogen-bond donors (Lipinski definition) is 1. The van der Waals surface area contributed by atoms with Crippen molar-refractivity contribution in [2.75, 3.05) is 23.4 Å². The fraction of sp³-hybridized carbons (Fsp3) is 0.190. The Morgan fingerprint density at radius 2 is 1.89 bits per heavy atom. The van der Waals surface area contributed by atoms with Crippen molar-refractivity contribution >= 4 is 46.8 Å². The van der Waals surface area contributed by atoms with Crippen LogP contribution in [0.15, 0.2) is 54.6 Å². The van der Waals surface area contributed by atoms with Gasteiger partial charge in [-0.05, 0) is 48.4 Å². The molecule has 1 aliphatic rings. The molecule has 3 rings (SSSR count). The molecule has 0 bridgehead atoms. The van der Waals surface area contributed by atoms with Crippen molar-refractivity contribution in [3.8, 4) is 0 Å². The number of halogens is 1. The minimum absolute atomic E-state index is 0.105. The van der Waals surface area contributed by atoms with Crippen LogP contribution in [0.2, 0.25) is 5.02 Å². The zero-order valence-corrected chi connectivity index (χ0v) is 15.8. The summed E-state index contributed by atoms with van der Waals surface area (Å²) >= 11 is 6.00. The van der Waals surface area contributed by atoms with E-state index in [0.717, 1.165) is 12.1 Å². The zero-order chi connectivity index (χ0) is 19.9. The van der Waals surface area contributed by atoms with E-state index in [1.807, 2.05) is 0 Å². The molecule has 1 fully saturated rings. The minimum Gasteiger partial charge on any atom is -0.452 e. The van der Waals surface area contributed by atoms with Gasteiger partial charge in [-0.15, -0.1) is 0 Å². The molecule has 0 saturated carbocycles. The van der Waals surface area contributed by atoms with E-state index in [1.165, 1.54) is 12.2 Å². The second-order valence-corrected chi connectivity index (χ2v) is 6.61. The molecule has 0 aromatic heterocycles. The average molecular weight is 399 g/mol. The summed E-state index contributed by atoms with van der Waals surface area (Å²) in [6.07, 6.45) is 4.17. The fourth-order valence-electron chi connectivity index (χ4n) is 2.80. The molecule has 2 aromatic rings. The molecular weight excluding hydrogens is 380 g/mol. The topological polar surface area (TPSA) is 75.7 Å². The number of carbonyl (C=O) groups excluding carboxylic acids is 3. The molecule has 0 radical (unpaired) electrons. The number of nitrogens with one attached hydrogen (secondary N) is 1. The largest absolute Gasteiger partial charge is 0.452 e. The SMILES string of the molecule is O=C(COC(=O)/C=C/c1ccccc1Cl)Nc1ccc(N2CCCC2=O)cc1. The highest BCUT2D eigenvalue weighted by atomic mass is 35.5. The summed E-state index contributed by atoms with van der Waals surface area (Å²) in [6, 6.07) is 14.0. The van der Waals surface area contributed by atoms with Crippen LogP contribution in [0.5, 0.6) is 0 Å². The third kappa shape index (κ3) is 5.20. The Labute approximate surface area is 167 Å². The van der Waals surface area contributed by atoms with E-state index < -0.39 is 18.5 Å². The second-order valence-electron chi connectivity index (χ2n) is 6.21. The van der Waals surface area contributed by atoms with Gasteiger partial charge >= 0.3 is 5.97 Å². The van der Waals surface area contributed by atoms with Crippen LogP contribution in [0.3, 0.4) is 0 Å². The number of rotatable bonds is 6. The number of amides is 2. The monoisotopic (exact) mass is 398 g/mol. The smallest absolute Gasteiger partial charge is 0.331 e. The zero-order valence-electron chi connectivity index (χ0n) is 15.1. The number of nitrogens with zero attached hydrogens (tertiary/aromatic N) is 1. The molecule has 0 aliphatic carbocycles. The maximum Gasteiger partial charge on any atom is 0.331 e. The van der Waals surface area contributed by atoms with Gasteiger partial charge in [0.25, 0.3) is 5.91 Å². The third-order valence-electron chi connectivity index (χ3n) is 4.19. The first-order valence-corrected chi connectivity index (χ1v) is 9.20. The van der Waals surface area contributed by atoms with E-state index in [2.05, 4.69) is 5.32 Å². The van der Waals surface area contributed by atoms with E-state index >= 15 is 0 Å². The second kappa shape index (κ2) is 9.19. The average Bonchev–Trinajstić information content (AvgIpc) is 3.12. The Kier molecular flexibility index (Phi) is 6.45. The summed E-state index contributed by atoms with van der Waals surface area (Å²) in [5.74, 6) is -0.990. The number of hydrogen-bond acceptors (Lipinski definition) is 4. The standard InChI is InChI=1S/C21H19ClN2O4/c22-18-5-2-1-4-15(18)7-12-21(27)28-14-19(25)23-16-8-10-17(11-9-16)24-13-3-6-20(24)26/h1-2,4-5,7-12H,3,6,13-14H2,(H,23,25)/b12-7+. The minimum atomic E-state index is -0.641. The van der Waals surface area contributed by atoms with E-state index in [4.69, 9.17) is 16.3 Å². The van der Waals surface area contributed by atoms with Crippen LogP contribution in [0.25, 0.3) is 6.08 Å². The summed E-state index contributed by atoms with van der Waals surface area (Å²) in [5, 5.41) is 3.16. The molecule has 0 atom stereocenters. The van der Waals surface area contributed by atoms with Gasteiger partial charge in [0.05, 0.1) is 0 Å². The lowest BCUT2D eigenvalue weighted by atomic mass is 10.2. The maximum absolute atomic E-state index is 11.9. The molecule has 1 aliphatic heterocycles. The molecule has 0 spiro atoms. The summed E-state index contributed by atoms with van der Waals surface area (Å²) in [5.41, 5.74) is 2.04. The lowest BCUT2D eigenvalue weighted by Gasteiger charge is -2.16.